The Kier molecular flexibility index (Phi) is 7.40. The molecule has 9 rings (SSSR count). The molecule has 5 unspecified atom stereocenters. The fraction of sp³-hybridized carbons (Fsp3) is 0.217. The third kappa shape index (κ3) is 4.79. The van der Waals surface area contributed by atoms with E-state index in [1.54, 1.807) is 0 Å². The van der Waals surface area contributed by atoms with Crippen LogP contribution in [0.4, 0.5) is 5.69 Å². The molecule has 3 aliphatic carbocycles. The summed E-state index contributed by atoms with van der Waals surface area (Å²) >= 11 is 0. The van der Waals surface area contributed by atoms with Gasteiger partial charge in [0.05, 0.1) is 35.0 Å². The Morgan fingerprint density at radius 2 is 1.62 bits per heavy atom. The van der Waals surface area contributed by atoms with Gasteiger partial charge in [-0.05, 0) is 97.7 Å². The molecular formula is C46H38N4. The van der Waals surface area contributed by atoms with Gasteiger partial charge < -0.3 is 9.47 Å². The lowest BCUT2D eigenvalue weighted by Crippen LogP contribution is -2.40. The molecule has 2 fully saturated rings. The van der Waals surface area contributed by atoms with E-state index in [0.29, 0.717) is 23.4 Å². The lowest BCUT2D eigenvalue weighted by Gasteiger charge is -2.37. The summed E-state index contributed by atoms with van der Waals surface area (Å²) in [4.78, 5) is 2.64. The van der Waals surface area contributed by atoms with Gasteiger partial charge in [-0.3, -0.25) is 0 Å². The number of nitriles is 2. The van der Waals surface area contributed by atoms with Crippen LogP contribution in [0, 0.1) is 47.3 Å². The fourth-order valence-corrected chi connectivity index (χ4v) is 9.31. The van der Waals surface area contributed by atoms with Crippen molar-refractivity contribution in [3.63, 3.8) is 0 Å². The monoisotopic (exact) mass is 646 g/mol. The molecule has 1 saturated carbocycles. The minimum atomic E-state index is 0.126. The molecule has 0 bridgehead atoms. The number of aryl methyl sites for hydroxylation is 1. The Labute approximate surface area is 294 Å². The Morgan fingerprint density at radius 3 is 2.48 bits per heavy atom. The first-order chi connectivity index (χ1) is 24.6. The summed E-state index contributed by atoms with van der Waals surface area (Å²) in [6, 6.07) is 36.0. The fourth-order valence-electron chi connectivity index (χ4n) is 9.31. The van der Waals surface area contributed by atoms with Gasteiger partial charge in [-0.1, -0.05) is 91.1 Å². The quantitative estimate of drug-likeness (QED) is 0.195. The molecule has 5 aromatic rings. The van der Waals surface area contributed by atoms with Gasteiger partial charge >= 0.3 is 0 Å². The van der Waals surface area contributed by atoms with Gasteiger partial charge in [0.1, 0.15) is 0 Å². The number of allylic oxidation sites excluding steroid dienone is 4. The van der Waals surface area contributed by atoms with Crippen LogP contribution < -0.4 is 4.90 Å². The predicted octanol–water partition coefficient (Wildman–Crippen LogP) is 10.8. The van der Waals surface area contributed by atoms with Crippen molar-refractivity contribution in [2.75, 3.05) is 4.90 Å². The molecule has 2 heterocycles. The summed E-state index contributed by atoms with van der Waals surface area (Å²) in [7, 11) is 0. The summed E-state index contributed by atoms with van der Waals surface area (Å²) in [6.45, 7) is 2.17. The maximum Gasteiger partial charge on any atom is 0.0998 e. The SMILES string of the molecule is Cc1cccc(N2C3C=CC=CC3C3CC(C#N)CCC32)c1-c1cc(-c2ccc(-n3c4c(c5ccccc53)C=CCC=C4)cc2)ccc1C#N. The van der Waals surface area contributed by atoms with E-state index in [0.717, 1.165) is 59.2 Å². The molecule has 242 valence electrons. The second kappa shape index (κ2) is 12.2. The van der Waals surface area contributed by atoms with Crippen LogP contribution in [0.3, 0.4) is 0 Å². The molecule has 1 aliphatic heterocycles. The predicted molar refractivity (Wildman–Crippen MR) is 205 cm³/mol. The van der Waals surface area contributed by atoms with Crippen molar-refractivity contribution < 1.29 is 0 Å². The summed E-state index contributed by atoms with van der Waals surface area (Å²) < 4.78 is 2.36. The number of para-hydroxylation sites is 1. The van der Waals surface area contributed by atoms with Gasteiger partial charge in [0, 0.05) is 51.3 Å². The summed E-state index contributed by atoms with van der Waals surface area (Å²) in [5.74, 6) is 0.946. The maximum absolute atomic E-state index is 10.4. The van der Waals surface area contributed by atoms with E-state index in [-0.39, 0.29) is 12.0 Å². The molecule has 4 aromatic carbocycles. The Bertz CT molecular complexity index is 2350. The second-order valence-corrected chi connectivity index (χ2v) is 14.2. The van der Waals surface area contributed by atoms with Crippen molar-refractivity contribution in [3.8, 4) is 40.1 Å². The van der Waals surface area contributed by atoms with Crippen LogP contribution >= 0.6 is 0 Å². The van der Waals surface area contributed by atoms with Crippen LogP contribution in [0.1, 0.15) is 48.1 Å². The molecule has 1 saturated heterocycles. The minimum Gasteiger partial charge on any atom is -0.361 e. The Balaban J connectivity index is 1.13. The van der Waals surface area contributed by atoms with E-state index in [2.05, 4.69) is 156 Å². The van der Waals surface area contributed by atoms with E-state index >= 15 is 0 Å². The number of hydrogen-bond donors (Lipinski definition) is 0. The van der Waals surface area contributed by atoms with Crippen LogP contribution in [-0.4, -0.2) is 16.7 Å². The molecule has 5 atom stereocenters. The zero-order valence-electron chi connectivity index (χ0n) is 28.2. The van der Waals surface area contributed by atoms with E-state index in [4.69, 9.17) is 0 Å². The highest BCUT2D eigenvalue weighted by atomic mass is 15.2. The standard InChI is InChI=1S/C46H38N4/c1-30-10-9-17-45(50-43-16-8-6-13-38(43)40-26-31(28-47)18-25-44(40)50)46(30)39-27-33(19-20-34(39)29-48)32-21-23-35(24-22-32)49-41-14-4-2-3-11-36(41)37-12-5-7-15-42(37)49/h3-17,19-24,27,31,38,40,43-44H,2,18,25-26H2,1H3. The topological polar surface area (TPSA) is 55.8 Å². The molecule has 1 aromatic heterocycles. The van der Waals surface area contributed by atoms with Crippen molar-refractivity contribution >= 4 is 28.7 Å². The molecule has 0 N–H and O–H groups in total. The summed E-state index contributed by atoms with van der Waals surface area (Å²) in [5, 5.41) is 21.5. The normalized spacial score (nSPS) is 23.2. The highest BCUT2D eigenvalue weighted by Gasteiger charge is 2.50. The minimum absolute atomic E-state index is 0.126. The largest absolute Gasteiger partial charge is 0.361 e. The van der Waals surface area contributed by atoms with Crippen LogP contribution in [0.2, 0.25) is 0 Å². The third-order valence-corrected chi connectivity index (χ3v) is 11.5. The number of hydrogen-bond acceptors (Lipinski definition) is 3. The first-order valence-corrected chi connectivity index (χ1v) is 17.9. The number of nitrogens with zero attached hydrogens (tertiary/aromatic N) is 4. The molecule has 50 heavy (non-hydrogen) atoms. The molecule has 0 radical (unpaired) electrons. The third-order valence-electron chi connectivity index (χ3n) is 11.5. The van der Waals surface area contributed by atoms with Crippen molar-refractivity contribution in [1.29, 1.82) is 10.5 Å². The average Bonchev–Trinajstić information content (AvgIpc) is 3.54. The summed E-state index contributed by atoms with van der Waals surface area (Å²) in [6.07, 6.45) is 21.8. The number of fused-ring (bicyclic) bond motifs is 6. The van der Waals surface area contributed by atoms with Crippen LogP contribution in [0.25, 0.3) is 51.0 Å². The van der Waals surface area contributed by atoms with Crippen LogP contribution in [0.15, 0.2) is 121 Å². The van der Waals surface area contributed by atoms with Gasteiger partial charge in [0.25, 0.3) is 0 Å². The maximum atomic E-state index is 10.4. The first kappa shape index (κ1) is 30.2. The number of anilines is 1. The highest BCUT2D eigenvalue weighted by molar-refractivity contribution is 5.96. The lowest BCUT2D eigenvalue weighted by atomic mass is 9.73. The van der Waals surface area contributed by atoms with Crippen LogP contribution in [-0.2, 0) is 0 Å². The molecule has 4 nitrogen and oxygen atoms in total. The number of aromatic nitrogens is 1. The van der Waals surface area contributed by atoms with Crippen molar-refractivity contribution in [3.05, 3.63) is 144 Å². The average molecular weight is 647 g/mol. The highest BCUT2D eigenvalue weighted by Crippen LogP contribution is 2.51. The number of benzene rings is 4. The van der Waals surface area contributed by atoms with E-state index in [9.17, 15) is 10.5 Å². The zero-order chi connectivity index (χ0) is 33.8. The molecular weight excluding hydrogens is 609 g/mol. The van der Waals surface area contributed by atoms with E-state index in [1.807, 2.05) is 6.07 Å². The van der Waals surface area contributed by atoms with Crippen LogP contribution in [0.5, 0.6) is 0 Å². The van der Waals surface area contributed by atoms with Gasteiger partial charge in [-0.25, -0.2) is 0 Å². The lowest BCUT2D eigenvalue weighted by molar-refractivity contribution is 0.266. The Morgan fingerprint density at radius 1 is 0.800 bits per heavy atom. The Hall–Kier alpha value is -5.84. The first-order valence-electron chi connectivity index (χ1n) is 17.9. The summed E-state index contributed by atoms with van der Waals surface area (Å²) in [5.41, 5.74) is 12.1. The van der Waals surface area contributed by atoms with Crippen molar-refractivity contribution in [1.82, 2.24) is 4.57 Å². The van der Waals surface area contributed by atoms with Crippen molar-refractivity contribution in [2.45, 2.75) is 44.7 Å². The van der Waals surface area contributed by atoms with Gasteiger partial charge in [-0.15, -0.1) is 0 Å². The van der Waals surface area contributed by atoms with Crippen molar-refractivity contribution in [2.24, 2.45) is 17.8 Å². The zero-order valence-corrected chi connectivity index (χ0v) is 28.2. The smallest absolute Gasteiger partial charge is 0.0998 e. The molecule has 4 aliphatic rings. The van der Waals surface area contributed by atoms with E-state index in [1.165, 1.54) is 27.8 Å². The molecule has 0 amide bonds. The van der Waals surface area contributed by atoms with Gasteiger partial charge in [0.15, 0.2) is 0 Å². The second-order valence-electron chi connectivity index (χ2n) is 14.2. The molecule has 4 heteroatoms. The molecule has 0 spiro atoms. The van der Waals surface area contributed by atoms with E-state index < -0.39 is 0 Å². The number of rotatable bonds is 4. The van der Waals surface area contributed by atoms with Gasteiger partial charge in [0.2, 0.25) is 0 Å². The van der Waals surface area contributed by atoms with Gasteiger partial charge in [-0.2, -0.15) is 10.5 Å².